The number of nitrogens with zero attached hydrogens (tertiary/aromatic N) is 2. The van der Waals surface area contributed by atoms with Crippen LogP contribution in [0.5, 0.6) is 11.5 Å². The molecule has 0 saturated carbocycles. The lowest BCUT2D eigenvalue weighted by Crippen LogP contribution is -2.44. The van der Waals surface area contributed by atoms with Crippen LogP contribution in [0.15, 0.2) is 6.07 Å². The summed E-state index contributed by atoms with van der Waals surface area (Å²) in [4.78, 5) is 0. The molecular weight excluding hydrogens is 328 g/mol. The molecule has 3 aliphatic rings. The highest BCUT2D eigenvalue weighted by Crippen LogP contribution is 2.46. The first-order valence-corrected chi connectivity index (χ1v) is 10.00. The summed E-state index contributed by atoms with van der Waals surface area (Å²) in [5.41, 5.74) is 3.82. The fourth-order valence-corrected chi connectivity index (χ4v) is 5.19. The Morgan fingerprint density at radius 3 is 2.54 bits per heavy atom. The van der Waals surface area contributed by atoms with Crippen molar-refractivity contribution in [3.05, 3.63) is 22.8 Å². The van der Waals surface area contributed by atoms with Crippen molar-refractivity contribution >= 4 is 10.2 Å². The van der Waals surface area contributed by atoms with Crippen LogP contribution in [0.25, 0.3) is 0 Å². The van der Waals surface area contributed by atoms with Crippen molar-refractivity contribution in [2.45, 2.75) is 31.6 Å². The van der Waals surface area contributed by atoms with Crippen LogP contribution in [-0.4, -0.2) is 57.4 Å². The molecule has 3 aliphatic heterocycles. The lowest BCUT2D eigenvalue weighted by Gasteiger charge is -2.34. The van der Waals surface area contributed by atoms with Crippen molar-refractivity contribution < 1.29 is 17.9 Å². The van der Waals surface area contributed by atoms with Gasteiger partial charge in [0.1, 0.15) is 11.5 Å². The molecule has 132 valence electrons. The minimum Gasteiger partial charge on any atom is -0.493 e. The van der Waals surface area contributed by atoms with Crippen LogP contribution in [0.4, 0.5) is 0 Å². The first kappa shape index (κ1) is 16.2. The summed E-state index contributed by atoms with van der Waals surface area (Å²) in [5.74, 6) is 2.41. The zero-order valence-corrected chi connectivity index (χ0v) is 15.1. The van der Waals surface area contributed by atoms with Crippen LogP contribution >= 0.6 is 0 Å². The molecule has 0 amide bonds. The van der Waals surface area contributed by atoms with Crippen LogP contribution in [0.3, 0.4) is 0 Å². The molecule has 0 N–H and O–H groups in total. The summed E-state index contributed by atoms with van der Waals surface area (Å²) in [7, 11) is -0.144. The monoisotopic (exact) mass is 352 g/mol. The molecule has 6 nitrogen and oxygen atoms in total. The molecule has 4 rings (SSSR count). The molecule has 0 spiro atoms. The van der Waals surface area contributed by atoms with Crippen molar-refractivity contribution in [3.63, 3.8) is 0 Å². The van der Waals surface area contributed by atoms with Crippen molar-refractivity contribution in [2.75, 3.05) is 40.4 Å². The Balaban J connectivity index is 1.61. The van der Waals surface area contributed by atoms with Crippen LogP contribution in [0, 0.1) is 0 Å². The van der Waals surface area contributed by atoms with E-state index in [0.29, 0.717) is 19.0 Å². The molecule has 0 radical (unpaired) electrons. The van der Waals surface area contributed by atoms with Gasteiger partial charge in [0.25, 0.3) is 10.2 Å². The molecule has 1 aromatic rings. The standard InChI is InChI=1S/C17H24N2O4S/c1-18(2)24(20,21)19-7-3-12(4-8-19)16-14-6-10-22-15(14)11-13-5-9-23-17(13)16/h11-12H,3-10H2,1-2H3. The van der Waals surface area contributed by atoms with Crippen molar-refractivity contribution in [3.8, 4) is 11.5 Å². The first-order chi connectivity index (χ1) is 11.5. The van der Waals surface area contributed by atoms with E-state index in [-0.39, 0.29) is 0 Å². The van der Waals surface area contributed by atoms with E-state index in [1.165, 1.54) is 21.0 Å². The van der Waals surface area contributed by atoms with Gasteiger partial charge < -0.3 is 9.47 Å². The van der Waals surface area contributed by atoms with Gasteiger partial charge in [0.15, 0.2) is 0 Å². The van der Waals surface area contributed by atoms with Gasteiger partial charge in [0.05, 0.1) is 13.2 Å². The van der Waals surface area contributed by atoms with E-state index in [4.69, 9.17) is 9.47 Å². The molecule has 1 aromatic carbocycles. The molecule has 0 unspecified atom stereocenters. The Kier molecular flexibility index (Phi) is 3.97. The predicted molar refractivity (Wildman–Crippen MR) is 91.0 cm³/mol. The maximum atomic E-state index is 12.3. The van der Waals surface area contributed by atoms with Gasteiger partial charge in [0, 0.05) is 56.7 Å². The summed E-state index contributed by atoms with van der Waals surface area (Å²) in [6.45, 7) is 2.59. The average Bonchev–Trinajstić information content (AvgIpc) is 3.21. The van der Waals surface area contributed by atoms with Crippen LogP contribution < -0.4 is 9.47 Å². The van der Waals surface area contributed by atoms with E-state index in [1.807, 2.05) is 0 Å². The van der Waals surface area contributed by atoms with Crippen LogP contribution in [0.1, 0.15) is 35.4 Å². The topological polar surface area (TPSA) is 59.1 Å². The van der Waals surface area contributed by atoms with Gasteiger partial charge in [-0.1, -0.05) is 0 Å². The molecule has 7 heteroatoms. The summed E-state index contributed by atoms with van der Waals surface area (Å²) in [5, 5.41) is 0. The third-order valence-corrected chi connectivity index (χ3v) is 7.28. The Morgan fingerprint density at radius 2 is 1.83 bits per heavy atom. The van der Waals surface area contributed by atoms with Gasteiger partial charge in [0.2, 0.25) is 0 Å². The van der Waals surface area contributed by atoms with Gasteiger partial charge >= 0.3 is 0 Å². The van der Waals surface area contributed by atoms with Gasteiger partial charge in [-0.25, -0.2) is 0 Å². The van der Waals surface area contributed by atoms with E-state index in [0.717, 1.165) is 50.4 Å². The molecule has 0 bridgehead atoms. The molecular formula is C17H24N2O4S. The minimum atomic E-state index is -3.32. The first-order valence-electron chi connectivity index (χ1n) is 8.60. The van der Waals surface area contributed by atoms with Crippen LogP contribution in [0.2, 0.25) is 0 Å². The number of ether oxygens (including phenoxy) is 2. The second kappa shape index (κ2) is 5.89. The fourth-order valence-electron chi connectivity index (χ4n) is 4.06. The summed E-state index contributed by atoms with van der Waals surface area (Å²) in [6, 6.07) is 2.14. The Bertz CT molecular complexity index is 720. The van der Waals surface area contributed by atoms with E-state index < -0.39 is 10.2 Å². The van der Waals surface area contributed by atoms with Gasteiger partial charge in [-0.2, -0.15) is 17.0 Å². The highest BCUT2D eigenvalue weighted by atomic mass is 32.2. The maximum absolute atomic E-state index is 12.3. The SMILES string of the molecule is CN(C)S(=O)(=O)N1CCC(c2c3c(cc4c2OCC4)OCC3)CC1. The van der Waals surface area contributed by atoms with Crippen molar-refractivity contribution in [1.29, 1.82) is 0 Å². The number of benzene rings is 1. The molecule has 3 heterocycles. The lowest BCUT2D eigenvalue weighted by atomic mass is 9.84. The van der Waals surface area contributed by atoms with E-state index in [1.54, 1.807) is 18.4 Å². The Labute approximate surface area is 143 Å². The summed E-state index contributed by atoms with van der Waals surface area (Å²) >= 11 is 0. The third kappa shape index (κ3) is 2.50. The smallest absolute Gasteiger partial charge is 0.281 e. The molecule has 0 aromatic heterocycles. The van der Waals surface area contributed by atoms with E-state index in [2.05, 4.69) is 6.07 Å². The van der Waals surface area contributed by atoms with Gasteiger partial charge in [-0.3, -0.25) is 0 Å². The zero-order chi connectivity index (χ0) is 16.9. The normalized spacial score (nSPS) is 21.5. The zero-order valence-electron chi connectivity index (χ0n) is 14.2. The molecule has 24 heavy (non-hydrogen) atoms. The third-order valence-electron chi connectivity index (χ3n) is 5.34. The van der Waals surface area contributed by atoms with Gasteiger partial charge in [-0.05, 0) is 24.8 Å². The molecule has 0 aliphatic carbocycles. The van der Waals surface area contributed by atoms with E-state index >= 15 is 0 Å². The van der Waals surface area contributed by atoms with Crippen LogP contribution in [-0.2, 0) is 23.1 Å². The summed E-state index contributed by atoms with van der Waals surface area (Å²) in [6.07, 6.45) is 3.53. The second-order valence-electron chi connectivity index (χ2n) is 6.92. The highest BCUT2D eigenvalue weighted by Gasteiger charge is 2.35. The predicted octanol–water partition coefficient (Wildman–Crippen LogP) is 1.54. The molecule has 1 saturated heterocycles. The summed E-state index contributed by atoms with van der Waals surface area (Å²) < 4.78 is 39.2. The maximum Gasteiger partial charge on any atom is 0.281 e. The molecule has 1 fully saturated rings. The number of hydrogen-bond donors (Lipinski definition) is 0. The molecule has 0 atom stereocenters. The number of piperidine rings is 1. The minimum absolute atomic E-state index is 0.349. The fraction of sp³-hybridized carbons (Fsp3) is 0.647. The van der Waals surface area contributed by atoms with E-state index in [9.17, 15) is 8.42 Å². The Hall–Kier alpha value is -1.31. The second-order valence-corrected chi connectivity index (χ2v) is 9.06. The number of rotatable bonds is 3. The van der Waals surface area contributed by atoms with Crippen molar-refractivity contribution in [1.82, 2.24) is 8.61 Å². The lowest BCUT2D eigenvalue weighted by molar-refractivity contribution is 0.294. The van der Waals surface area contributed by atoms with Crippen molar-refractivity contribution in [2.24, 2.45) is 0 Å². The average molecular weight is 352 g/mol. The quantitative estimate of drug-likeness (QED) is 0.828. The largest absolute Gasteiger partial charge is 0.493 e. The Morgan fingerprint density at radius 1 is 1.12 bits per heavy atom. The number of hydrogen-bond acceptors (Lipinski definition) is 4. The highest BCUT2D eigenvalue weighted by molar-refractivity contribution is 7.86. The number of fused-ring (bicyclic) bond motifs is 2. The van der Waals surface area contributed by atoms with Gasteiger partial charge in [-0.15, -0.1) is 0 Å².